The first-order chi connectivity index (χ1) is 12.6. The molecule has 136 valence electrons. The zero-order chi connectivity index (χ0) is 18.8. The Morgan fingerprint density at radius 1 is 1.15 bits per heavy atom. The van der Waals surface area contributed by atoms with Gasteiger partial charge < -0.3 is 15.4 Å². The largest absolute Gasteiger partial charge is 0.494 e. The molecule has 0 aromatic heterocycles. The molecule has 0 aliphatic carbocycles. The predicted molar refractivity (Wildman–Crippen MR) is 104 cm³/mol. The molecule has 0 aliphatic heterocycles. The normalized spacial score (nSPS) is 10.0. The van der Waals surface area contributed by atoms with E-state index in [1.165, 1.54) is 0 Å². The summed E-state index contributed by atoms with van der Waals surface area (Å²) in [5, 5.41) is 5.50. The molecule has 0 radical (unpaired) electrons. The molecule has 0 atom stereocenters. The van der Waals surface area contributed by atoms with Gasteiger partial charge in [0.1, 0.15) is 5.75 Å². The first kappa shape index (κ1) is 19.2. The van der Waals surface area contributed by atoms with Crippen LogP contribution in [-0.2, 0) is 4.79 Å². The maximum absolute atomic E-state index is 12.2. The Bertz CT molecular complexity index is 771. The van der Waals surface area contributed by atoms with Crippen LogP contribution in [0.5, 0.6) is 5.75 Å². The number of anilines is 1. The lowest BCUT2D eigenvalue weighted by molar-refractivity contribution is -0.116. The maximum atomic E-state index is 12.2. The SMILES string of the molecule is C=CCNC(=O)c1ccccc1NC(=O)CCCOc1cccc(C)c1. The molecule has 5 nitrogen and oxygen atoms in total. The van der Waals surface area contributed by atoms with Gasteiger partial charge in [-0.2, -0.15) is 0 Å². The average Bonchev–Trinajstić information content (AvgIpc) is 2.64. The van der Waals surface area contributed by atoms with E-state index in [0.717, 1.165) is 11.3 Å². The van der Waals surface area contributed by atoms with E-state index in [1.807, 2.05) is 31.2 Å². The molecule has 0 saturated heterocycles. The number of hydrogen-bond donors (Lipinski definition) is 2. The fraction of sp³-hybridized carbons (Fsp3) is 0.238. The van der Waals surface area contributed by atoms with E-state index in [4.69, 9.17) is 4.74 Å². The molecule has 0 bridgehead atoms. The van der Waals surface area contributed by atoms with Crippen molar-refractivity contribution in [2.45, 2.75) is 19.8 Å². The Hall–Kier alpha value is -3.08. The van der Waals surface area contributed by atoms with Gasteiger partial charge >= 0.3 is 0 Å². The molecule has 2 amide bonds. The number of amides is 2. The summed E-state index contributed by atoms with van der Waals surface area (Å²) in [5.74, 6) is 0.403. The number of para-hydroxylation sites is 1. The second-order valence-corrected chi connectivity index (χ2v) is 5.86. The summed E-state index contributed by atoms with van der Waals surface area (Å²) in [7, 11) is 0. The van der Waals surface area contributed by atoms with Crippen LogP contribution in [0.1, 0.15) is 28.8 Å². The Labute approximate surface area is 154 Å². The number of hydrogen-bond acceptors (Lipinski definition) is 3. The summed E-state index contributed by atoms with van der Waals surface area (Å²) in [6.07, 6.45) is 2.51. The van der Waals surface area contributed by atoms with Crippen molar-refractivity contribution >= 4 is 17.5 Å². The van der Waals surface area contributed by atoms with Gasteiger partial charge in [0.15, 0.2) is 0 Å². The molecule has 0 fully saturated rings. The second kappa shape index (κ2) is 10.0. The smallest absolute Gasteiger partial charge is 0.253 e. The predicted octanol–water partition coefficient (Wildman–Crippen LogP) is 3.71. The molecular formula is C21H24N2O3. The summed E-state index contributed by atoms with van der Waals surface area (Å²) in [6, 6.07) is 14.7. The Morgan fingerprint density at radius 2 is 1.96 bits per heavy atom. The molecule has 2 N–H and O–H groups in total. The highest BCUT2D eigenvalue weighted by Crippen LogP contribution is 2.16. The van der Waals surface area contributed by atoms with Crippen molar-refractivity contribution in [3.05, 3.63) is 72.3 Å². The number of benzene rings is 2. The number of ether oxygens (including phenoxy) is 1. The zero-order valence-corrected chi connectivity index (χ0v) is 15.0. The number of rotatable bonds is 9. The number of aryl methyl sites for hydroxylation is 1. The standard InChI is InChI=1S/C21H24N2O3/c1-3-13-22-21(25)18-10-4-5-11-19(18)23-20(24)12-7-14-26-17-9-6-8-16(2)15-17/h3-6,8-11,15H,1,7,12-14H2,2H3,(H,22,25)(H,23,24). The molecule has 2 rings (SSSR count). The van der Waals surface area contributed by atoms with E-state index in [9.17, 15) is 9.59 Å². The lowest BCUT2D eigenvalue weighted by Gasteiger charge is -2.11. The van der Waals surface area contributed by atoms with Gasteiger partial charge in [-0.15, -0.1) is 6.58 Å². The van der Waals surface area contributed by atoms with Crippen LogP contribution < -0.4 is 15.4 Å². The molecule has 5 heteroatoms. The summed E-state index contributed by atoms with van der Waals surface area (Å²) >= 11 is 0. The van der Waals surface area contributed by atoms with E-state index < -0.39 is 0 Å². The molecule has 2 aromatic carbocycles. The number of carbonyl (C=O) groups excluding carboxylic acids is 2. The van der Waals surface area contributed by atoms with E-state index in [1.54, 1.807) is 30.3 Å². The van der Waals surface area contributed by atoms with Crippen molar-refractivity contribution in [1.29, 1.82) is 0 Å². The van der Waals surface area contributed by atoms with Gasteiger partial charge in [-0.05, 0) is 43.2 Å². The van der Waals surface area contributed by atoms with Crippen molar-refractivity contribution in [3.8, 4) is 5.75 Å². The number of carbonyl (C=O) groups is 2. The average molecular weight is 352 g/mol. The lowest BCUT2D eigenvalue weighted by atomic mass is 10.1. The van der Waals surface area contributed by atoms with Crippen LogP contribution in [0.15, 0.2) is 61.2 Å². The van der Waals surface area contributed by atoms with Gasteiger partial charge in [0, 0.05) is 13.0 Å². The third-order valence-corrected chi connectivity index (χ3v) is 3.66. The molecule has 0 heterocycles. The minimum Gasteiger partial charge on any atom is -0.494 e. The Kier molecular flexibility index (Phi) is 7.43. The Balaban J connectivity index is 1.82. The molecule has 0 aliphatic rings. The minimum absolute atomic E-state index is 0.151. The van der Waals surface area contributed by atoms with Crippen LogP contribution in [0.4, 0.5) is 5.69 Å². The number of nitrogens with one attached hydrogen (secondary N) is 2. The van der Waals surface area contributed by atoms with E-state index >= 15 is 0 Å². The van der Waals surface area contributed by atoms with Crippen molar-refractivity contribution in [3.63, 3.8) is 0 Å². The fourth-order valence-corrected chi connectivity index (χ4v) is 2.39. The third-order valence-electron chi connectivity index (χ3n) is 3.66. The molecule has 0 unspecified atom stereocenters. The van der Waals surface area contributed by atoms with Crippen molar-refractivity contribution < 1.29 is 14.3 Å². The van der Waals surface area contributed by atoms with Gasteiger partial charge in [-0.1, -0.05) is 30.3 Å². The minimum atomic E-state index is -0.247. The molecule has 0 spiro atoms. The second-order valence-electron chi connectivity index (χ2n) is 5.86. The van der Waals surface area contributed by atoms with E-state index in [2.05, 4.69) is 17.2 Å². The van der Waals surface area contributed by atoms with Gasteiger partial charge in [-0.25, -0.2) is 0 Å². The topological polar surface area (TPSA) is 67.4 Å². The van der Waals surface area contributed by atoms with Crippen LogP contribution in [-0.4, -0.2) is 25.0 Å². The highest BCUT2D eigenvalue weighted by atomic mass is 16.5. The monoisotopic (exact) mass is 352 g/mol. The van der Waals surface area contributed by atoms with Crippen LogP contribution in [0.25, 0.3) is 0 Å². The molecule has 0 saturated carbocycles. The van der Waals surface area contributed by atoms with Crippen LogP contribution in [0.3, 0.4) is 0 Å². The summed E-state index contributed by atoms with van der Waals surface area (Å²) in [6.45, 7) is 6.40. The fourth-order valence-electron chi connectivity index (χ4n) is 2.39. The molecular weight excluding hydrogens is 328 g/mol. The van der Waals surface area contributed by atoms with Gasteiger partial charge in [0.2, 0.25) is 5.91 Å². The zero-order valence-electron chi connectivity index (χ0n) is 15.0. The van der Waals surface area contributed by atoms with E-state index in [0.29, 0.717) is 37.2 Å². The lowest BCUT2D eigenvalue weighted by Crippen LogP contribution is -2.25. The first-order valence-corrected chi connectivity index (χ1v) is 8.57. The first-order valence-electron chi connectivity index (χ1n) is 8.57. The van der Waals surface area contributed by atoms with Crippen molar-refractivity contribution in [2.75, 3.05) is 18.5 Å². The van der Waals surface area contributed by atoms with Gasteiger partial charge in [0.05, 0.1) is 17.9 Å². The third kappa shape index (κ3) is 6.09. The summed E-state index contributed by atoms with van der Waals surface area (Å²) < 4.78 is 5.64. The van der Waals surface area contributed by atoms with Gasteiger partial charge in [-0.3, -0.25) is 9.59 Å². The van der Waals surface area contributed by atoms with Crippen LogP contribution >= 0.6 is 0 Å². The summed E-state index contributed by atoms with van der Waals surface area (Å²) in [4.78, 5) is 24.3. The molecule has 26 heavy (non-hydrogen) atoms. The van der Waals surface area contributed by atoms with E-state index in [-0.39, 0.29) is 11.8 Å². The van der Waals surface area contributed by atoms with Crippen molar-refractivity contribution in [2.24, 2.45) is 0 Å². The highest BCUT2D eigenvalue weighted by molar-refractivity contribution is 6.03. The van der Waals surface area contributed by atoms with Crippen LogP contribution in [0, 0.1) is 6.92 Å². The van der Waals surface area contributed by atoms with Crippen LogP contribution in [0.2, 0.25) is 0 Å². The highest BCUT2D eigenvalue weighted by Gasteiger charge is 2.12. The maximum Gasteiger partial charge on any atom is 0.253 e. The summed E-state index contributed by atoms with van der Waals surface area (Å²) in [5.41, 5.74) is 2.06. The van der Waals surface area contributed by atoms with Gasteiger partial charge in [0.25, 0.3) is 5.91 Å². The van der Waals surface area contributed by atoms with Crippen molar-refractivity contribution in [1.82, 2.24) is 5.32 Å². The quantitative estimate of drug-likeness (QED) is 0.534. The molecule has 2 aromatic rings. The Morgan fingerprint density at radius 3 is 2.73 bits per heavy atom.